The van der Waals surface area contributed by atoms with E-state index in [4.69, 9.17) is 5.73 Å². The average Bonchev–Trinajstić information content (AvgIpc) is 2.62. The summed E-state index contributed by atoms with van der Waals surface area (Å²) >= 11 is 1.73. The zero-order valence-corrected chi connectivity index (χ0v) is 9.42. The first-order valence-electron chi connectivity index (χ1n) is 5.18. The first-order chi connectivity index (χ1) is 7.75. The molecule has 2 aromatic heterocycles. The number of aryl methyl sites for hydroxylation is 1. The molecule has 0 bridgehead atoms. The van der Waals surface area contributed by atoms with Gasteiger partial charge in [0.2, 0.25) is 11.8 Å². The van der Waals surface area contributed by atoms with Crippen LogP contribution < -0.4 is 5.73 Å². The molecule has 0 saturated heterocycles. The Morgan fingerprint density at radius 3 is 3.06 bits per heavy atom. The minimum atomic E-state index is 0.0292. The van der Waals surface area contributed by atoms with E-state index >= 15 is 0 Å². The van der Waals surface area contributed by atoms with Crippen LogP contribution in [-0.2, 0) is 12.8 Å². The van der Waals surface area contributed by atoms with Crippen molar-refractivity contribution >= 4 is 17.3 Å². The maximum absolute atomic E-state index is 9.80. The fourth-order valence-corrected chi connectivity index (χ4v) is 3.04. The molecule has 4 nitrogen and oxygen atoms in total. The van der Waals surface area contributed by atoms with E-state index in [1.165, 1.54) is 4.88 Å². The molecule has 1 aliphatic carbocycles. The smallest absolute Gasteiger partial charge is 0.223 e. The number of hydrogen-bond donors (Lipinski definition) is 2. The maximum atomic E-state index is 9.80. The maximum Gasteiger partial charge on any atom is 0.223 e. The van der Waals surface area contributed by atoms with Crippen LogP contribution in [0.25, 0.3) is 11.3 Å². The summed E-state index contributed by atoms with van der Waals surface area (Å²) in [4.78, 5) is 9.39. The largest absolute Gasteiger partial charge is 0.493 e. The molecule has 0 fully saturated rings. The van der Waals surface area contributed by atoms with Crippen LogP contribution in [0.1, 0.15) is 16.9 Å². The molecule has 0 amide bonds. The second-order valence-electron chi connectivity index (χ2n) is 3.84. The average molecular weight is 233 g/mol. The molecule has 0 atom stereocenters. The van der Waals surface area contributed by atoms with Crippen LogP contribution in [0.5, 0.6) is 5.88 Å². The standard InChI is InChI=1S/C11H11N3OS/c12-11-13-9-6-4-5-16-8(6)3-1-2-7(9)10(15)14-11/h4-5H,1-3H2,(H3,12,13,14,15). The molecule has 0 spiro atoms. The van der Waals surface area contributed by atoms with Crippen LogP contribution in [0.2, 0.25) is 0 Å². The van der Waals surface area contributed by atoms with Gasteiger partial charge in [-0.05, 0) is 30.7 Å². The number of aromatic hydroxyl groups is 1. The summed E-state index contributed by atoms with van der Waals surface area (Å²) in [7, 11) is 0. The Morgan fingerprint density at radius 2 is 2.19 bits per heavy atom. The van der Waals surface area contributed by atoms with Gasteiger partial charge in [0.1, 0.15) is 0 Å². The highest BCUT2D eigenvalue weighted by Gasteiger charge is 2.20. The van der Waals surface area contributed by atoms with Crippen molar-refractivity contribution in [2.45, 2.75) is 19.3 Å². The molecular weight excluding hydrogens is 222 g/mol. The van der Waals surface area contributed by atoms with Gasteiger partial charge in [-0.25, -0.2) is 4.98 Å². The Morgan fingerprint density at radius 1 is 1.31 bits per heavy atom. The molecule has 5 heteroatoms. The molecule has 0 unspecified atom stereocenters. The van der Waals surface area contributed by atoms with Crippen LogP contribution in [-0.4, -0.2) is 15.1 Å². The first-order valence-corrected chi connectivity index (χ1v) is 6.06. The molecule has 82 valence electrons. The Labute approximate surface area is 96.8 Å². The number of nitrogens with two attached hydrogens (primary N) is 1. The molecular formula is C11H11N3OS. The summed E-state index contributed by atoms with van der Waals surface area (Å²) in [6.07, 6.45) is 2.85. The molecule has 0 saturated carbocycles. The van der Waals surface area contributed by atoms with Gasteiger partial charge in [-0.3, -0.25) is 0 Å². The molecule has 1 aliphatic rings. The zero-order chi connectivity index (χ0) is 11.1. The summed E-state index contributed by atoms with van der Waals surface area (Å²) in [5, 5.41) is 11.8. The zero-order valence-electron chi connectivity index (χ0n) is 8.60. The van der Waals surface area contributed by atoms with Crippen molar-refractivity contribution in [2.75, 3.05) is 5.73 Å². The number of rotatable bonds is 0. The third-order valence-electron chi connectivity index (χ3n) is 2.83. The lowest BCUT2D eigenvalue weighted by atomic mass is 10.1. The predicted molar refractivity (Wildman–Crippen MR) is 63.4 cm³/mol. The van der Waals surface area contributed by atoms with Crippen molar-refractivity contribution in [1.29, 1.82) is 0 Å². The highest BCUT2D eigenvalue weighted by molar-refractivity contribution is 7.10. The monoisotopic (exact) mass is 233 g/mol. The van der Waals surface area contributed by atoms with Crippen molar-refractivity contribution in [3.05, 3.63) is 21.9 Å². The molecule has 3 rings (SSSR count). The summed E-state index contributed by atoms with van der Waals surface area (Å²) in [6, 6.07) is 2.04. The highest BCUT2D eigenvalue weighted by Crippen LogP contribution is 2.37. The van der Waals surface area contributed by atoms with E-state index in [9.17, 15) is 5.11 Å². The van der Waals surface area contributed by atoms with Crippen molar-refractivity contribution in [2.24, 2.45) is 0 Å². The van der Waals surface area contributed by atoms with Gasteiger partial charge in [-0.15, -0.1) is 11.3 Å². The Kier molecular flexibility index (Phi) is 2.07. The minimum absolute atomic E-state index is 0.0292. The number of thiophene rings is 1. The third-order valence-corrected chi connectivity index (χ3v) is 3.81. The lowest BCUT2D eigenvalue weighted by molar-refractivity contribution is 0.445. The van der Waals surface area contributed by atoms with Crippen LogP contribution in [0, 0.1) is 0 Å². The second-order valence-corrected chi connectivity index (χ2v) is 4.84. The van der Waals surface area contributed by atoms with E-state index in [1.807, 2.05) is 6.07 Å². The van der Waals surface area contributed by atoms with Gasteiger partial charge in [-0.2, -0.15) is 4.98 Å². The summed E-state index contributed by atoms with van der Waals surface area (Å²) in [5.74, 6) is 0.164. The fraction of sp³-hybridized carbons (Fsp3) is 0.273. The summed E-state index contributed by atoms with van der Waals surface area (Å²) < 4.78 is 0. The molecule has 3 N–H and O–H groups in total. The first kappa shape index (κ1) is 9.59. The van der Waals surface area contributed by atoms with Crippen LogP contribution >= 0.6 is 11.3 Å². The fourth-order valence-electron chi connectivity index (χ4n) is 2.11. The Balaban J connectivity index is 2.31. The predicted octanol–water partition coefficient (Wildman–Crippen LogP) is 1.98. The van der Waals surface area contributed by atoms with E-state index in [0.717, 1.165) is 36.1 Å². The third kappa shape index (κ3) is 1.36. The lowest BCUT2D eigenvalue weighted by Gasteiger charge is -2.07. The topological polar surface area (TPSA) is 72.0 Å². The van der Waals surface area contributed by atoms with Crippen LogP contribution in [0.3, 0.4) is 0 Å². The Bertz CT molecular complexity index is 550. The van der Waals surface area contributed by atoms with E-state index in [0.29, 0.717) is 0 Å². The number of anilines is 1. The quantitative estimate of drug-likeness (QED) is 0.729. The van der Waals surface area contributed by atoms with Crippen LogP contribution in [0.15, 0.2) is 11.4 Å². The van der Waals surface area contributed by atoms with Crippen molar-refractivity contribution in [3.63, 3.8) is 0 Å². The van der Waals surface area contributed by atoms with Gasteiger partial charge < -0.3 is 10.8 Å². The van der Waals surface area contributed by atoms with Gasteiger partial charge in [0.05, 0.1) is 5.69 Å². The molecule has 16 heavy (non-hydrogen) atoms. The van der Waals surface area contributed by atoms with E-state index in [1.54, 1.807) is 11.3 Å². The minimum Gasteiger partial charge on any atom is -0.493 e. The summed E-state index contributed by atoms with van der Waals surface area (Å²) in [5.41, 5.74) is 8.31. The normalized spacial score (nSPS) is 14.0. The van der Waals surface area contributed by atoms with Crippen molar-refractivity contribution in [3.8, 4) is 17.1 Å². The Hall–Kier alpha value is -1.62. The van der Waals surface area contributed by atoms with Crippen molar-refractivity contribution in [1.82, 2.24) is 9.97 Å². The second kappa shape index (κ2) is 3.45. The number of hydrogen-bond acceptors (Lipinski definition) is 5. The van der Waals surface area contributed by atoms with E-state index in [2.05, 4.69) is 15.3 Å². The number of nitrogen functional groups attached to an aromatic ring is 1. The summed E-state index contributed by atoms with van der Waals surface area (Å²) in [6.45, 7) is 0. The number of aromatic nitrogens is 2. The van der Waals surface area contributed by atoms with Crippen molar-refractivity contribution < 1.29 is 5.11 Å². The van der Waals surface area contributed by atoms with Gasteiger partial charge >= 0.3 is 0 Å². The number of nitrogens with zero attached hydrogens (tertiary/aromatic N) is 2. The van der Waals surface area contributed by atoms with Gasteiger partial charge in [-0.1, -0.05) is 0 Å². The SMILES string of the molecule is Nc1nc(O)c2c(n1)-c1ccsc1CCC2. The highest BCUT2D eigenvalue weighted by atomic mass is 32.1. The molecule has 0 aliphatic heterocycles. The lowest BCUT2D eigenvalue weighted by Crippen LogP contribution is -2.00. The number of fused-ring (bicyclic) bond motifs is 3. The van der Waals surface area contributed by atoms with Crippen LogP contribution in [0.4, 0.5) is 5.95 Å². The van der Waals surface area contributed by atoms with Gasteiger partial charge in [0.25, 0.3) is 0 Å². The van der Waals surface area contributed by atoms with E-state index < -0.39 is 0 Å². The molecule has 2 heterocycles. The van der Waals surface area contributed by atoms with Gasteiger partial charge in [0.15, 0.2) is 0 Å². The molecule has 0 radical (unpaired) electrons. The van der Waals surface area contributed by atoms with E-state index in [-0.39, 0.29) is 11.8 Å². The molecule has 2 aromatic rings. The van der Waals surface area contributed by atoms with Gasteiger partial charge in [0, 0.05) is 16.0 Å². The molecule has 0 aromatic carbocycles.